The standard InChI is InChI=1S/C54H63N5O17/c1-27(2)44(59-53(70)74-25-29-11-6-5-7-12-29)51(68)57-34(14-8-9-20-55)50(67)56-31-18-16-30(17-19-31)26-73-52(69)58-35-21-39(75-28(3)45(35)62)76-37-23-54(71,38(61)24-60)22-33-41(37)49(66)43-42(47(33)64)46(63)32-13-10-15-36(72-4)40(32)48(43)65/h5-7,10-13,15-19,27-28,34-35,37,39,44-45,60,62,64,66,71H,8-9,14,20-26,55H2,1-4H3,(H,56,67)(H,57,68)(H,58,69)(H,59,70)/t28?,34?,35?,37?,39?,44-,45?,54?/m0/s1. The molecular formula is C54H63N5O17. The smallest absolute Gasteiger partial charge is 0.408 e. The fraction of sp³-hybridized carbons (Fsp3) is 0.426. The number of methoxy groups -OCH3 is 1. The number of Topliss-reactive ketones (excluding diaryl/α,β-unsaturated/α-hetero) is 1. The topological polar surface area (TPSA) is 341 Å². The van der Waals surface area contributed by atoms with E-state index in [4.69, 9.17) is 29.4 Å². The van der Waals surface area contributed by atoms with E-state index >= 15 is 0 Å². The molecule has 0 radical (unpaired) electrons. The van der Waals surface area contributed by atoms with Gasteiger partial charge in [0.1, 0.15) is 60.9 Å². The van der Waals surface area contributed by atoms with Gasteiger partial charge in [-0.1, -0.05) is 68.4 Å². The van der Waals surface area contributed by atoms with E-state index in [1.54, 1.807) is 50.2 Å². The summed E-state index contributed by atoms with van der Waals surface area (Å²) in [6.07, 6.45) is -7.17. The van der Waals surface area contributed by atoms with E-state index in [0.717, 1.165) is 5.56 Å². The molecule has 406 valence electrons. The minimum Gasteiger partial charge on any atom is -0.507 e. The normalized spacial score (nSPS) is 21.5. The second-order valence-corrected chi connectivity index (χ2v) is 19.3. The van der Waals surface area contributed by atoms with E-state index in [1.807, 2.05) is 18.2 Å². The molecule has 0 spiro atoms. The van der Waals surface area contributed by atoms with Crippen LogP contribution in [-0.2, 0) is 53.0 Å². The number of unbranched alkanes of at least 4 members (excludes halogenated alkanes) is 1. The Morgan fingerprint density at radius 2 is 1.50 bits per heavy atom. The highest BCUT2D eigenvalue weighted by molar-refractivity contribution is 6.31. The molecule has 0 bridgehead atoms. The summed E-state index contributed by atoms with van der Waals surface area (Å²) < 4.78 is 28.3. The number of amides is 4. The minimum atomic E-state index is -2.40. The van der Waals surface area contributed by atoms with Crippen molar-refractivity contribution in [3.8, 4) is 17.2 Å². The van der Waals surface area contributed by atoms with Crippen molar-refractivity contribution < 1.29 is 82.8 Å². The predicted octanol–water partition coefficient (Wildman–Crippen LogP) is 3.47. The van der Waals surface area contributed by atoms with Gasteiger partial charge in [0.05, 0.1) is 42.0 Å². The van der Waals surface area contributed by atoms with Crippen LogP contribution in [0.2, 0.25) is 0 Å². The number of aliphatic hydroxyl groups is 3. The molecule has 4 aromatic rings. The first kappa shape index (κ1) is 56.3. The molecule has 2 aliphatic carbocycles. The first-order chi connectivity index (χ1) is 36.3. The Balaban J connectivity index is 0.983. The Kier molecular flexibility index (Phi) is 18.1. The lowest BCUT2D eigenvalue weighted by atomic mass is 9.72. The number of ketones is 3. The fourth-order valence-electron chi connectivity index (χ4n) is 9.56. The van der Waals surface area contributed by atoms with E-state index in [-0.39, 0.29) is 60.0 Å². The minimum absolute atomic E-state index is 0.0000792. The van der Waals surface area contributed by atoms with Gasteiger partial charge < -0.3 is 76.2 Å². The number of carbonyl (C=O) groups excluding carboxylic acids is 7. The number of nitrogens with two attached hydrogens (primary N) is 1. The summed E-state index contributed by atoms with van der Waals surface area (Å²) in [6.45, 7) is 3.97. The highest BCUT2D eigenvalue weighted by Crippen LogP contribution is 2.52. The molecule has 4 aromatic carbocycles. The summed E-state index contributed by atoms with van der Waals surface area (Å²) in [6, 6.07) is 16.5. The van der Waals surface area contributed by atoms with Crippen LogP contribution in [0.3, 0.4) is 0 Å². The molecule has 0 saturated carbocycles. The molecule has 0 aromatic heterocycles. The van der Waals surface area contributed by atoms with Crippen molar-refractivity contribution in [1.29, 1.82) is 0 Å². The Labute approximate surface area is 437 Å². The molecule has 1 fully saturated rings. The van der Waals surface area contributed by atoms with Crippen LogP contribution in [0.1, 0.15) is 113 Å². The van der Waals surface area contributed by atoms with Gasteiger partial charge in [0.15, 0.2) is 17.9 Å². The van der Waals surface area contributed by atoms with Gasteiger partial charge in [-0.15, -0.1) is 0 Å². The van der Waals surface area contributed by atoms with Gasteiger partial charge in [-0.2, -0.15) is 0 Å². The van der Waals surface area contributed by atoms with Gasteiger partial charge in [0, 0.05) is 41.6 Å². The van der Waals surface area contributed by atoms with Crippen LogP contribution in [0.4, 0.5) is 15.3 Å². The van der Waals surface area contributed by atoms with E-state index < -0.39 is 132 Å². The van der Waals surface area contributed by atoms with E-state index in [0.29, 0.717) is 30.6 Å². The molecular weight excluding hydrogens is 991 g/mol. The van der Waals surface area contributed by atoms with Crippen molar-refractivity contribution in [3.63, 3.8) is 0 Å². The van der Waals surface area contributed by atoms with Gasteiger partial charge in [0.25, 0.3) is 0 Å². The van der Waals surface area contributed by atoms with Crippen molar-refractivity contribution in [1.82, 2.24) is 16.0 Å². The van der Waals surface area contributed by atoms with Crippen molar-refractivity contribution in [2.45, 2.75) is 121 Å². The zero-order chi connectivity index (χ0) is 55.0. The highest BCUT2D eigenvalue weighted by Gasteiger charge is 2.50. The number of nitrogens with one attached hydrogen (secondary N) is 4. The Morgan fingerprint density at radius 3 is 2.16 bits per heavy atom. The summed E-state index contributed by atoms with van der Waals surface area (Å²) in [5.41, 5.74) is 2.99. The average molecular weight is 1050 g/mol. The summed E-state index contributed by atoms with van der Waals surface area (Å²) in [7, 11) is 1.29. The molecule has 1 aliphatic heterocycles. The maximum atomic E-state index is 14.1. The molecule has 1 heterocycles. The molecule has 4 amide bonds. The number of fused-ring (bicyclic) bond motifs is 3. The quantitative estimate of drug-likeness (QED) is 0.0394. The number of aliphatic hydroxyl groups excluding tert-OH is 2. The Hall–Kier alpha value is -7.47. The highest BCUT2D eigenvalue weighted by atomic mass is 16.7. The van der Waals surface area contributed by atoms with Gasteiger partial charge >= 0.3 is 12.2 Å². The summed E-state index contributed by atoms with van der Waals surface area (Å²) in [5, 5.41) is 66.9. The van der Waals surface area contributed by atoms with E-state index in [1.165, 1.54) is 32.2 Å². The number of hydrogen-bond acceptors (Lipinski definition) is 18. The fourth-order valence-corrected chi connectivity index (χ4v) is 9.56. The lowest BCUT2D eigenvalue weighted by Gasteiger charge is -2.42. The summed E-state index contributed by atoms with van der Waals surface area (Å²) in [5.74, 6) is -5.75. The van der Waals surface area contributed by atoms with E-state index in [2.05, 4.69) is 21.3 Å². The molecule has 7 rings (SSSR count). The second-order valence-electron chi connectivity index (χ2n) is 19.3. The molecule has 7 unspecified atom stereocenters. The largest absolute Gasteiger partial charge is 0.507 e. The maximum absolute atomic E-state index is 14.1. The number of carbonyl (C=O) groups is 7. The van der Waals surface area contributed by atoms with E-state index in [9.17, 15) is 59.1 Å². The average Bonchev–Trinajstić information content (AvgIpc) is 3.48. The molecule has 3 aliphatic rings. The van der Waals surface area contributed by atoms with Crippen LogP contribution in [-0.4, -0.2) is 129 Å². The number of phenolic OH excluding ortho intramolecular Hbond substituents is 2. The van der Waals surface area contributed by atoms with Crippen LogP contribution in [0, 0.1) is 5.92 Å². The van der Waals surface area contributed by atoms with Crippen LogP contribution in [0.25, 0.3) is 0 Å². The lowest BCUT2D eigenvalue weighted by Crippen LogP contribution is -2.56. The third-order valence-electron chi connectivity index (χ3n) is 13.7. The van der Waals surface area contributed by atoms with Gasteiger partial charge in [-0.25, -0.2) is 9.59 Å². The van der Waals surface area contributed by atoms with Gasteiger partial charge in [0.2, 0.25) is 17.6 Å². The number of aromatic hydroxyl groups is 2. The van der Waals surface area contributed by atoms with Crippen LogP contribution >= 0.6 is 0 Å². The van der Waals surface area contributed by atoms with Crippen LogP contribution in [0.15, 0.2) is 72.8 Å². The number of benzene rings is 4. The van der Waals surface area contributed by atoms with Crippen molar-refractivity contribution >= 4 is 47.0 Å². The monoisotopic (exact) mass is 1050 g/mol. The molecule has 1 saturated heterocycles. The zero-order valence-electron chi connectivity index (χ0n) is 42.3. The third-order valence-corrected chi connectivity index (χ3v) is 13.7. The van der Waals surface area contributed by atoms with Crippen molar-refractivity contribution in [2.75, 3.05) is 25.6 Å². The number of alkyl carbamates (subject to hydrolysis) is 2. The number of hydrogen-bond donors (Lipinski definition) is 10. The zero-order valence-corrected chi connectivity index (χ0v) is 42.3. The number of phenols is 2. The van der Waals surface area contributed by atoms with Crippen molar-refractivity contribution in [3.05, 3.63) is 117 Å². The lowest BCUT2D eigenvalue weighted by molar-refractivity contribution is -0.249. The number of rotatable bonds is 20. The number of ether oxygens (including phenoxy) is 5. The Bertz CT molecular complexity index is 2830. The third kappa shape index (κ3) is 12.4. The SMILES string of the molecule is COc1cccc2c1C(=O)c1c(O)c3c(c(O)c1C2=O)CC(O)(C(=O)CO)CC3OC1CC(NC(=O)OCc2ccc(NC(=O)C(CCCCN)NC(=O)[C@@H](NC(=O)OCc3ccccc3)C(C)C)cc2)C(O)C(C)O1. The van der Waals surface area contributed by atoms with Gasteiger partial charge in [-0.3, -0.25) is 24.0 Å². The summed E-state index contributed by atoms with van der Waals surface area (Å²) in [4.78, 5) is 94.0. The number of anilines is 1. The van der Waals surface area contributed by atoms with Gasteiger partial charge in [-0.05, 0) is 68.0 Å². The summed E-state index contributed by atoms with van der Waals surface area (Å²) >= 11 is 0. The Morgan fingerprint density at radius 1 is 0.829 bits per heavy atom. The molecule has 8 atom stereocenters. The first-order valence-electron chi connectivity index (χ1n) is 24.8. The molecule has 22 nitrogen and oxygen atoms in total. The molecule has 22 heteroatoms. The first-order valence-corrected chi connectivity index (χ1v) is 24.8. The molecule has 11 N–H and O–H groups in total. The van der Waals surface area contributed by atoms with Crippen LogP contribution < -0.4 is 31.7 Å². The van der Waals surface area contributed by atoms with Crippen molar-refractivity contribution in [2.24, 2.45) is 11.7 Å². The second kappa shape index (κ2) is 24.5. The van der Waals surface area contributed by atoms with Crippen LogP contribution in [0.5, 0.6) is 17.2 Å². The maximum Gasteiger partial charge on any atom is 0.408 e. The molecule has 76 heavy (non-hydrogen) atoms. The predicted molar refractivity (Wildman–Crippen MR) is 269 cm³/mol.